The van der Waals surface area contributed by atoms with Crippen molar-refractivity contribution in [1.82, 2.24) is 15.3 Å². The second-order valence-electron chi connectivity index (χ2n) is 8.07. The van der Waals surface area contributed by atoms with Gasteiger partial charge >= 0.3 is 12.0 Å². The van der Waals surface area contributed by atoms with Crippen LogP contribution in [0.4, 0.5) is 4.79 Å². The third kappa shape index (κ3) is 4.58. The molecule has 1 saturated heterocycles. The minimum absolute atomic E-state index is 0.119. The van der Waals surface area contributed by atoms with Gasteiger partial charge in [0.2, 0.25) is 5.91 Å². The van der Waals surface area contributed by atoms with Crippen LogP contribution >= 0.6 is 0 Å². The highest BCUT2D eigenvalue weighted by atomic mass is 16.5. The van der Waals surface area contributed by atoms with Gasteiger partial charge < -0.3 is 26.0 Å². The first kappa shape index (κ1) is 25.0. The average Bonchev–Trinajstić information content (AvgIpc) is 3.02. The van der Waals surface area contributed by atoms with Crippen molar-refractivity contribution in [2.24, 2.45) is 5.73 Å². The van der Waals surface area contributed by atoms with Crippen molar-refractivity contribution >= 4 is 29.7 Å². The number of carbonyl (C=O) groups excluding carboxylic acids is 3. The number of imide groups is 1. The van der Waals surface area contributed by atoms with Crippen molar-refractivity contribution in [3.63, 3.8) is 0 Å². The zero-order chi connectivity index (χ0) is 26.1. The Bertz CT molecular complexity index is 1210. The van der Waals surface area contributed by atoms with Gasteiger partial charge in [0, 0.05) is 12.5 Å². The van der Waals surface area contributed by atoms with Gasteiger partial charge in [-0.05, 0) is 30.2 Å². The molecule has 2 aromatic carbocycles. The second kappa shape index (κ2) is 9.33. The molecule has 3 rings (SSSR count). The molecule has 1 aliphatic rings. The van der Waals surface area contributed by atoms with E-state index in [9.17, 15) is 29.4 Å². The Labute approximate surface area is 200 Å². The van der Waals surface area contributed by atoms with Crippen LogP contribution in [-0.4, -0.2) is 57.0 Å². The van der Waals surface area contributed by atoms with Crippen LogP contribution in [0, 0.1) is 5.41 Å². The lowest BCUT2D eigenvalue weighted by Gasteiger charge is -2.35. The molecule has 184 valence electrons. The maximum absolute atomic E-state index is 13.6. The Balaban J connectivity index is 2.07. The predicted molar refractivity (Wildman–Crippen MR) is 122 cm³/mol. The molecule has 35 heavy (non-hydrogen) atoms. The smallest absolute Gasteiger partial charge is 0.344 e. The van der Waals surface area contributed by atoms with E-state index in [2.05, 4.69) is 5.32 Å². The highest BCUT2D eigenvalue weighted by molar-refractivity contribution is 6.08. The summed E-state index contributed by atoms with van der Waals surface area (Å²) in [6, 6.07) is 7.85. The number of carbonyl (C=O) groups is 4. The summed E-state index contributed by atoms with van der Waals surface area (Å²) in [7, 11) is 1.34. The van der Waals surface area contributed by atoms with Crippen LogP contribution in [0.2, 0.25) is 0 Å². The number of methoxy groups -OCH3 is 1. The molecule has 0 aromatic heterocycles. The van der Waals surface area contributed by atoms with Crippen LogP contribution in [0.5, 0.6) is 11.5 Å². The highest BCUT2D eigenvalue weighted by Gasteiger charge is 2.53. The molecule has 1 heterocycles. The maximum Gasteiger partial charge on any atom is 0.344 e. The lowest BCUT2D eigenvalue weighted by atomic mass is 9.91. The minimum atomic E-state index is -1.59. The standard InChI is InChI=1S/C23H25N5O7/c1-12(29)27(16(11-19(31)32)14-6-9-18(35-3)17(30)10-14)28-21(33)23(2,26-22(28)34)15-7-4-13(5-8-15)20(24)25/h4-10,16,30H,11H2,1-3H3,(H3,24,25)(H,26,34)(H,31,32)/t16-,23-/m0/s1. The number of carboxylic acid groups (broad SMARTS) is 1. The van der Waals surface area contributed by atoms with Gasteiger partial charge in [0.25, 0.3) is 5.91 Å². The van der Waals surface area contributed by atoms with E-state index in [1.165, 1.54) is 56.5 Å². The number of nitrogens with one attached hydrogen (secondary N) is 2. The van der Waals surface area contributed by atoms with E-state index in [1.807, 2.05) is 0 Å². The SMILES string of the molecule is COc1ccc([C@H](CC(=O)O)N(C(C)=O)N2C(=O)N[C@@](C)(c3ccc(C(=N)N)cc3)C2=O)cc1O. The Hall–Kier alpha value is -4.61. The summed E-state index contributed by atoms with van der Waals surface area (Å²) in [5.74, 6) is -3.25. The number of hydrogen-bond acceptors (Lipinski definition) is 7. The number of nitrogens with zero attached hydrogens (tertiary/aromatic N) is 2. The monoisotopic (exact) mass is 483 g/mol. The Kier molecular flexibility index (Phi) is 6.67. The molecule has 12 nitrogen and oxygen atoms in total. The van der Waals surface area contributed by atoms with Crippen LogP contribution in [0.3, 0.4) is 0 Å². The number of amides is 4. The number of benzene rings is 2. The summed E-state index contributed by atoms with van der Waals surface area (Å²) in [5.41, 5.74) is 4.83. The quantitative estimate of drug-likeness (QED) is 0.212. The van der Waals surface area contributed by atoms with Gasteiger partial charge in [0.05, 0.1) is 19.6 Å². The molecule has 0 spiro atoms. The molecule has 1 aliphatic heterocycles. The first-order chi connectivity index (χ1) is 16.4. The predicted octanol–water partition coefficient (Wildman–Crippen LogP) is 1.43. The fourth-order valence-electron chi connectivity index (χ4n) is 3.92. The molecule has 12 heteroatoms. The number of phenols is 1. The Morgan fingerprint density at radius 1 is 1.23 bits per heavy atom. The number of urea groups is 1. The molecule has 2 atom stereocenters. The molecule has 0 aliphatic carbocycles. The van der Waals surface area contributed by atoms with Crippen molar-refractivity contribution in [2.45, 2.75) is 31.8 Å². The topological polar surface area (TPSA) is 186 Å². The van der Waals surface area contributed by atoms with Gasteiger partial charge in [-0.15, -0.1) is 0 Å². The van der Waals surface area contributed by atoms with Crippen molar-refractivity contribution in [1.29, 1.82) is 5.41 Å². The molecule has 2 aromatic rings. The minimum Gasteiger partial charge on any atom is -0.504 e. The number of hydrogen-bond donors (Lipinski definition) is 5. The fourth-order valence-corrected chi connectivity index (χ4v) is 3.92. The number of aliphatic carboxylic acids is 1. The second-order valence-corrected chi connectivity index (χ2v) is 8.07. The number of nitrogens with two attached hydrogens (primary N) is 1. The number of ether oxygens (including phenoxy) is 1. The molecule has 4 amide bonds. The first-order valence-corrected chi connectivity index (χ1v) is 10.4. The van der Waals surface area contributed by atoms with Gasteiger partial charge in [-0.1, -0.05) is 30.3 Å². The highest BCUT2D eigenvalue weighted by Crippen LogP contribution is 2.37. The summed E-state index contributed by atoms with van der Waals surface area (Å²) < 4.78 is 5.01. The van der Waals surface area contributed by atoms with Crippen molar-refractivity contribution < 1.29 is 34.1 Å². The number of phenolic OH excluding ortho intramolecular Hbond substituents is 1. The van der Waals surface area contributed by atoms with E-state index >= 15 is 0 Å². The summed E-state index contributed by atoms with van der Waals surface area (Å²) in [4.78, 5) is 51.0. The molecule has 6 N–H and O–H groups in total. The number of amidine groups is 1. The van der Waals surface area contributed by atoms with Crippen LogP contribution in [0.15, 0.2) is 42.5 Å². The molecule has 0 radical (unpaired) electrons. The Morgan fingerprint density at radius 2 is 1.86 bits per heavy atom. The lowest BCUT2D eigenvalue weighted by molar-refractivity contribution is -0.162. The van der Waals surface area contributed by atoms with Crippen LogP contribution in [0.1, 0.15) is 43.0 Å². The molecular weight excluding hydrogens is 458 g/mol. The van der Waals surface area contributed by atoms with Gasteiger partial charge in [0.15, 0.2) is 11.5 Å². The normalized spacial score (nSPS) is 18.1. The number of hydrazine groups is 1. The zero-order valence-corrected chi connectivity index (χ0v) is 19.2. The summed E-state index contributed by atoms with van der Waals surface area (Å²) in [5, 5.41) is 31.1. The van der Waals surface area contributed by atoms with Crippen LogP contribution < -0.4 is 15.8 Å². The van der Waals surface area contributed by atoms with E-state index in [0.29, 0.717) is 16.1 Å². The summed E-state index contributed by atoms with van der Waals surface area (Å²) in [6.07, 6.45) is -0.660. The number of aromatic hydroxyl groups is 1. The zero-order valence-electron chi connectivity index (χ0n) is 19.2. The van der Waals surface area contributed by atoms with Gasteiger partial charge in [0.1, 0.15) is 11.4 Å². The van der Waals surface area contributed by atoms with E-state index in [0.717, 1.165) is 11.9 Å². The molecular formula is C23H25N5O7. The van der Waals surface area contributed by atoms with Crippen molar-refractivity contribution in [3.05, 3.63) is 59.2 Å². The summed E-state index contributed by atoms with van der Waals surface area (Å²) >= 11 is 0. The van der Waals surface area contributed by atoms with Crippen LogP contribution in [0.25, 0.3) is 0 Å². The van der Waals surface area contributed by atoms with E-state index < -0.39 is 41.8 Å². The largest absolute Gasteiger partial charge is 0.504 e. The maximum atomic E-state index is 13.6. The third-order valence-corrected chi connectivity index (χ3v) is 5.73. The van der Waals surface area contributed by atoms with Crippen molar-refractivity contribution in [2.75, 3.05) is 7.11 Å². The Morgan fingerprint density at radius 3 is 2.34 bits per heavy atom. The molecule has 0 saturated carbocycles. The van der Waals surface area contributed by atoms with Crippen molar-refractivity contribution in [3.8, 4) is 11.5 Å². The van der Waals surface area contributed by atoms with Gasteiger partial charge in [-0.2, -0.15) is 5.01 Å². The molecule has 0 unspecified atom stereocenters. The van der Waals surface area contributed by atoms with Gasteiger partial charge in [-0.25, -0.2) is 9.80 Å². The molecule has 1 fully saturated rings. The fraction of sp³-hybridized carbons (Fsp3) is 0.261. The first-order valence-electron chi connectivity index (χ1n) is 10.4. The average molecular weight is 483 g/mol. The number of rotatable bonds is 8. The third-order valence-electron chi connectivity index (χ3n) is 5.73. The van der Waals surface area contributed by atoms with Gasteiger partial charge in [-0.3, -0.25) is 19.8 Å². The van der Waals surface area contributed by atoms with E-state index in [4.69, 9.17) is 15.9 Å². The summed E-state index contributed by atoms with van der Waals surface area (Å²) in [6.45, 7) is 2.54. The van der Waals surface area contributed by atoms with E-state index in [1.54, 1.807) is 0 Å². The molecule has 0 bridgehead atoms. The lowest BCUT2D eigenvalue weighted by Crippen LogP contribution is -2.52. The number of nitrogen functional groups attached to an aromatic ring is 1. The van der Waals surface area contributed by atoms with E-state index in [-0.39, 0.29) is 22.9 Å². The number of carboxylic acids is 1. The van der Waals surface area contributed by atoms with Crippen LogP contribution in [-0.2, 0) is 19.9 Å².